The number of nitro benzene ring substituents is 1. The highest BCUT2D eigenvalue weighted by molar-refractivity contribution is 7.57. The molecule has 0 spiro atoms. The fourth-order valence-corrected chi connectivity index (χ4v) is 3.69. The van der Waals surface area contributed by atoms with Crippen molar-refractivity contribution in [3.05, 3.63) is 27.8 Å². The average molecular weight is 412 g/mol. The minimum absolute atomic E-state index is 0.106. The zero-order valence-electron chi connectivity index (χ0n) is 16.8. The highest BCUT2D eigenvalue weighted by Gasteiger charge is 2.23. The summed E-state index contributed by atoms with van der Waals surface area (Å²) in [5, 5.41) is 11.4. The molecule has 1 unspecified atom stereocenters. The average Bonchev–Trinajstić information content (AvgIpc) is 2.62. The minimum atomic E-state index is -2.70. The molecule has 11 heteroatoms. The number of methoxy groups -OCH3 is 2. The van der Waals surface area contributed by atoms with Gasteiger partial charge in [0.15, 0.2) is 7.37 Å². The third-order valence-electron chi connectivity index (χ3n) is 4.07. The van der Waals surface area contributed by atoms with Gasteiger partial charge in [0, 0.05) is 37.6 Å². The summed E-state index contributed by atoms with van der Waals surface area (Å²) < 4.78 is 28.0. The van der Waals surface area contributed by atoms with Gasteiger partial charge in [0.25, 0.3) is 17.4 Å². The van der Waals surface area contributed by atoms with Crippen molar-refractivity contribution in [3.63, 3.8) is 0 Å². The standard InChI is InChI=1S/C17H25N4O6P/c1-7-20(11(2)27-28(5,6)24)10-12-8-13(21(22)23)9-14-15(12)19-17(26-4)16(18-14)25-3/h8-9,11H,7,10H2,1-6H3. The molecule has 0 amide bonds. The zero-order valence-corrected chi connectivity index (χ0v) is 17.7. The summed E-state index contributed by atoms with van der Waals surface area (Å²) in [7, 11) is 0.156. The van der Waals surface area contributed by atoms with E-state index in [1.54, 1.807) is 20.3 Å². The number of nitrogens with zero attached hydrogens (tertiary/aromatic N) is 4. The fraction of sp³-hybridized carbons (Fsp3) is 0.529. The molecule has 0 radical (unpaired) electrons. The van der Waals surface area contributed by atoms with Gasteiger partial charge in [-0.2, -0.15) is 0 Å². The Labute approximate surface area is 163 Å². The maximum atomic E-state index is 12.0. The first-order valence-electron chi connectivity index (χ1n) is 8.64. The van der Waals surface area contributed by atoms with Crippen LogP contribution in [0.5, 0.6) is 11.8 Å². The van der Waals surface area contributed by atoms with Crippen molar-refractivity contribution >= 4 is 24.1 Å². The summed E-state index contributed by atoms with van der Waals surface area (Å²) in [5.74, 6) is 0.326. The van der Waals surface area contributed by atoms with E-state index < -0.39 is 18.5 Å². The van der Waals surface area contributed by atoms with Crippen LogP contribution in [-0.4, -0.2) is 60.1 Å². The Hall–Kier alpha value is -2.29. The van der Waals surface area contributed by atoms with Crippen LogP contribution in [-0.2, 0) is 15.6 Å². The lowest BCUT2D eigenvalue weighted by molar-refractivity contribution is -0.384. The number of non-ortho nitro benzene ring substituents is 1. The largest absolute Gasteiger partial charge is 0.477 e. The highest BCUT2D eigenvalue weighted by Crippen LogP contribution is 2.40. The summed E-state index contributed by atoms with van der Waals surface area (Å²) >= 11 is 0. The number of fused-ring (bicyclic) bond motifs is 1. The smallest absolute Gasteiger partial charge is 0.278 e. The monoisotopic (exact) mass is 412 g/mol. The van der Waals surface area contributed by atoms with Gasteiger partial charge in [0.05, 0.1) is 24.7 Å². The molecule has 1 atom stereocenters. The lowest BCUT2D eigenvalue weighted by Crippen LogP contribution is -2.33. The number of aromatic nitrogens is 2. The van der Waals surface area contributed by atoms with Gasteiger partial charge in [-0.3, -0.25) is 19.6 Å². The number of rotatable bonds is 9. The summed E-state index contributed by atoms with van der Waals surface area (Å²) in [4.78, 5) is 21.5. The molecule has 28 heavy (non-hydrogen) atoms. The van der Waals surface area contributed by atoms with E-state index in [9.17, 15) is 14.7 Å². The summed E-state index contributed by atoms with van der Waals surface area (Å²) in [6, 6.07) is 2.80. The van der Waals surface area contributed by atoms with Crippen molar-refractivity contribution in [1.82, 2.24) is 14.9 Å². The molecule has 0 aliphatic carbocycles. The van der Waals surface area contributed by atoms with E-state index in [0.29, 0.717) is 29.7 Å². The van der Waals surface area contributed by atoms with Gasteiger partial charge >= 0.3 is 0 Å². The Kier molecular flexibility index (Phi) is 6.92. The van der Waals surface area contributed by atoms with Crippen LogP contribution in [0, 0.1) is 10.1 Å². The molecule has 0 saturated carbocycles. The number of ether oxygens (including phenoxy) is 2. The van der Waals surface area contributed by atoms with E-state index in [4.69, 9.17) is 14.0 Å². The van der Waals surface area contributed by atoms with Crippen molar-refractivity contribution in [1.29, 1.82) is 0 Å². The summed E-state index contributed by atoms with van der Waals surface area (Å²) in [6.45, 7) is 7.67. The van der Waals surface area contributed by atoms with Gasteiger partial charge in [-0.1, -0.05) is 6.92 Å². The highest BCUT2D eigenvalue weighted by atomic mass is 31.2. The van der Waals surface area contributed by atoms with Crippen LogP contribution in [0.15, 0.2) is 12.1 Å². The maximum Gasteiger partial charge on any atom is 0.278 e. The molecule has 1 aromatic carbocycles. The van der Waals surface area contributed by atoms with Crippen molar-refractivity contribution in [3.8, 4) is 11.8 Å². The van der Waals surface area contributed by atoms with Crippen molar-refractivity contribution in [2.24, 2.45) is 0 Å². The number of benzene rings is 1. The predicted molar refractivity (Wildman–Crippen MR) is 105 cm³/mol. The molecule has 0 fully saturated rings. The van der Waals surface area contributed by atoms with Crippen LogP contribution >= 0.6 is 7.37 Å². The molecule has 1 aromatic heterocycles. The lowest BCUT2D eigenvalue weighted by atomic mass is 10.1. The topological polar surface area (TPSA) is 117 Å². The molecule has 2 rings (SSSR count). The molecule has 2 aromatic rings. The van der Waals surface area contributed by atoms with E-state index in [0.717, 1.165) is 0 Å². The molecule has 10 nitrogen and oxygen atoms in total. The van der Waals surface area contributed by atoms with Crippen LogP contribution in [0.25, 0.3) is 11.0 Å². The molecular formula is C17H25N4O6P. The molecule has 0 saturated heterocycles. The van der Waals surface area contributed by atoms with E-state index in [1.165, 1.54) is 26.4 Å². The quantitative estimate of drug-likeness (QED) is 0.265. The van der Waals surface area contributed by atoms with E-state index in [-0.39, 0.29) is 17.4 Å². The van der Waals surface area contributed by atoms with E-state index in [1.807, 2.05) is 11.8 Å². The minimum Gasteiger partial charge on any atom is -0.477 e. The van der Waals surface area contributed by atoms with Gasteiger partial charge in [0.1, 0.15) is 11.7 Å². The Bertz CT molecular complexity index is 916. The Morgan fingerprint density at radius 1 is 1.21 bits per heavy atom. The molecule has 0 bridgehead atoms. The third-order valence-corrected chi connectivity index (χ3v) is 4.88. The first kappa shape index (κ1) is 22.0. The number of nitro groups is 1. The van der Waals surface area contributed by atoms with E-state index in [2.05, 4.69) is 9.97 Å². The van der Waals surface area contributed by atoms with Crippen LogP contribution < -0.4 is 9.47 Å². The molecule has 1 heterocycles. The third kappa shape index (κ3) is 5.15. The van der Waals surface area contributed by atoms with Crippen molar-refractivity contribution in [2.75, 3.05) is 34.1 Å². The summed E-state index contributed by atoms with van der Waals surface area (Å²) in [6.07, 6.45) is -0.451. The molecule has 0 aliphatic heterocycles. The lowest BCUT2D eigenvalue weighted by Gasteiger charge is -2.29. The predicted octanol–water partition coefficient (Wildman–Crippen LogP) is 3.28. The molecule has 0 aliphatic rings. The van der Waals surface area contributed by atoms with Crippen LogP contribution in [0.3, 0.4) is 0 Å². The number of hydrogen-bond acceptors (Lipinski definition) is 9. The Balaban J connectivity index is 2.56. The normalized spacial score (nSPS) is 13.0. The first-order chi connectivity index (χ1) is 13.1. The van der Waals surface area contributed by atoms with Crippen LogP contribution in [0.2, 0.25) is 0 Å². The van der Waals surface area contributed by atoms with Crippen molar-refractivity contribution in [2.45, 2.75) is 26.6 Å². The van der Waals surface area contributed by atoms with Gasteiger partial charge in [-0.25, -0.2) is 9.97 Å². The molecule has 0 N–H and O–H groups in total. The second-order valence-corrected chi connectivity index (χ2v) is 9.21. The second-order valence-electron chi connectivity index (χ2n) is 6.49. The van der Waals surface area contributed by atoms with E-state index >= 15 is 0 Å². The van der Waals surface area contributed by atoms with Gasteiger partial charge in [-0.05, 0) is 13.5 Å². The maximum absolute atomic E-state index is 12.0. The molecular weight excluding hydrogens is 387 g/mol. The Morgan fingerprint density at radius 3 is 2.32 bits per heavy atom. The SMILES string of the molecule is CCN(Cc1cc([N+](=O)[O-])cc2nc(OC)c(OC)nc12)C(C)OP(C)(C)=O. The fourth-order valence-electron chi connectivity index (χ4n) is 2.82. The Morgan fingerprint density at radius 2 is 1.82 bits per heavy atom. The van der Waals surface area contributed by atoms with Gasteiger partial charge in [-0.15, -0.1) is 0 Å². The van der Waals surface area contributed by atoms with Crippen molar-refractivity contribution < 1.29 is 23.5 Å². The zero-order chi connectivity index (χ0) is 21.1. The summed E-state index contributed by atoms with van der Waals surface area (Å²) in [5.41, 5.74) is 1.26. The van der Waals surface area contributed by atoms with Gasteiger partial charge < -0.3 is 14.0 Å². The number of hydrogen-bond donors (Lipinski definition) is 0. The molecule has 154 valence electrons. The first-order valence-corrected chi connectivity index (χ1v) is 11.2. The van der Waals surface area contributed by atoms with Crippen LogP contribution in [0.1, 0.15) is 19.4 Å². The van der Waals surface area contributed by atoms with Gasteiger partial charge in [0.2, 0.25) is 0 Å². The second kappa shape index (κ2) is 8.81. The van der Waals surface area contributed by atoms with Crippen LogP contribution in [0.4, 0.5) is 5.69 Å².